The molecule has 0 atom stereocenters. The summed E-state index contributed by atoms with van der Waals surface area (Å²) in [4.78, 5) is 23.8. The zero-order valence-electron chi connectivity index (χ0n) is 16.7. The van der Waals surface area contributed by atoms with Crippen molar-refractivity contribution in [2.24, 2.45) is 0 Å². The fourth-order valence-electron chi connectivity index (χ4n) is 3.47. The number of carboxylic acid groups (broad SMARTS) is 1. The molecule has 0 spiro atoms. The average Bonchev–Trinajstić information content (AvgIpc) is 3.22. The highest BCUT2D eigenvalue weighted by Gasteiger charge is 2.42. The van der Waals surface area contributed by atoms with Gasteiger partial charge in [-0.2, -0.15) is 0 Å². The van der Waals surface area contributed by atoms with Crippen molar-refractivity contribution in [3.8, 4) is 11.5 Å². The number of benzene rings is 2. The predicted octanol–water partition coefficient (Wildman–Crippen LogP) is 3.94. The van der Waals surface area contributed by atoms with Gasteiger partial charge in [0.1, 0.15) is 18.0 Å². The number of carboxylic acids is 1. The largest absolute Gasteiger partial charge is 0.493 e. The van der Waals surface area contributed by atoms with E-state index in [-0.39, 0.29) is 12.4 Å². The Labute approximate surface area is 174 Å². The van der Waals surface area contributed by atoms with Gasteiger partial charge in [-0.05, 0) is 54.3 Å². The van der Waals surface area contributed by atoms with Crippen molar-refractivity contribution in [2.75, 3.05) is 7.11 Å². The molecule has 3 rings (SSSR count). The summed E-state index contributed by atoms with van der Waals surface area (Å²) in [6.07, 6.45) is 5.36. The van der Waals surface area contributed by atoms with Gasteiger partial charge in [0.05, 0.1) is 7.11 Å². The zero-order valence-corrected chi connectivity index (χ0v) is 16.7. The van der Waals surface area contributed by atoms with Crippen LogP contribution in [0.5, 0.6) is 11.5 Å². The predicted molar refractivity (Wildman–Crippen MR) is 110 cm³/mol. The molecule has 1 fully saturated rings. The van der Waals surface area contributed by atoms with Crippen LogP contribution in [-0.4, -0.2) is 29.6 Å². The van der Waals surface area contributed by atoms with Gasteiger partial charge < -0.3 is 19.9 Å². The molecule has 2 aromatic carbocycles. The third-order valence-corrected chi connectivity index (χ3v) is 5.15. The molecular weight excluding hydrogens is 389 g/mol. The van der Waals surface area contributed by atoms with Gasteiger partial charge in [-0.1, -0.05) is 31.0 Å². The fraction of sp³-hybridized carbons (Fsp3) is 0.304. The van der Waals surface area contributed by atoms with E-state index in [0.717, 1.165) is 18.4 Å². The molecule has 0 bridgehead atoms. The van der Waals surface area contributed by atoms with E-state index in [1.54, 1.807) is 36.4 Å². The van der Waals surface area contributed by atoms with Gasteiger partial charge in [-0.25, -0.2) is 9.18 Å². The van der Waals surface area contributed by atoms with Gasteiger partial charge in [0.15, 0.2) is 11.5 Å². The number of methoxy groups -OCH3 is 1. The molecule has 30 heavy (non-hydrogen) atoms. The number of ether oxygens (including phenoxy) is 2. The monoisotopic (exact) mass is 413 g/mol. The van der Waals surface area contributed by atoms with Crippen molar-refractivity contribution in [3.63, 3.8) is 0 Å². The first-order chi connectivity index (χ1) is 14.4. The normalized spacial score (nSPS) is 15.1. The Kier molecular flexibility index (Phi) is 6.72. The maximum atomic E-state index is 13.0. The van der Waals surface area contributed by atoms with Crippen LogP contribution in [0.25, 0.3) is 6.08 Å². The van der Waals surface area contributed by atoms with Crippen LogP contribution in [-0.2, 0) is 16.2 Å². The molecule has 7 heteroatoms. The lowest BCUT2D eigenvalue weighted by atomic mass is 9.98. The second-order valence-corrected chi connectivity index (χ2v) is 7.24. The molecule has 0 saturated heterocycles. The lowest BCUT2D eigenvalue weighted by Crippen LogP contribution is -2.52. The summed E-state index contributed by atoms with van der Waals surface area (Å²) < 4.78 is 24.1. The van der Waals surface area contributed by atoms with Gasteiger partial charge in [-0.15, -0.1) is 0 Å². The molecule has 1 amide bonds. The summed E-state index contributed by atoms with van der Waals surface area (Å²) in [5.41, 5.74) is 0.349. The zero-order chi connectivity index (χ0) is 21.6. The van der Waals surface area contributed by atoms with Crippen molar-refractivity contribution in [1.82, 2.24) is 5.32 Å². The van der Waals surface area contributed by atoms with E-state index >= 15 is 0 Å². The number of nitrogens with one attached hydrogen (secondary N) is 1. The van der Waals surface area contributed by atoms with E-state index in [0.29, 0.717) is 29.9 Å². The van der Waals surface area contributed by atoms with E-state index in [9.17, 15) is 19.1 Å². The SMILES string of the molecule is COc1cc(C=CC(=O)NC2(C(=O)O)CCCC2)ccc1OCc1ccc(F)cc1. The highest BCUT2D eigenvalue weighted by molar-refractivity contribution is 5.96. The van der Waals surface area contributed by atoms with Crippen molar-refractivity contribution in [3.05, 3.63) is 65.5 Å². The van der Waals surface area contributed by atoms with Crippen LogP contribution in [0, 0.1) is 5.82 Å². The molecular formula is C23H24FNO5. The molecule has 0 heterocycles. The highest BCUT2D eigenvalue weighted by atomic mass is 19.1. The first-order valence-corrected chi connectivity index (χ1v) is 9.71. The first kappa shape index (κ1) is 21.4. The van der Waals surface area contributed by atoms with Crippen molar-refractivity contribution >= 4 is 18.0 Å². The van der Waals surface area contributed by atoms with Crippen LogP contribution in [0.2, 0.25) is 0 Å². The Morgan fingerprint density at radius 1 is 1.13 bits per heavy atom. The molecule has 0 aliphatic heterocycles. The number of hydrogen-bond donors (Lipinski definition) is 2. The number of rotatable bonds is 8. The van der Waals surface area contributed by atoms with Crippen LogP contribution in [0.3, 0.4) is 0 Å². The Morgan fingerprint density at radius 2 is 1.83 bits per heavy atom. The Bertz CT molecular complexity index is 933. The average molecular weight is 413 g/mol. The molecule has 2 N–H and O–H groups in total. The lowest BCUT2D eigenvalue weighted by molar-refractivity contribution is -0.146. The highest BCUT2D eigenvalue weighted by Crippen LogP contribution is 2.31. The molecule has 0 unspecified atom stereocenters. The Hall–Kier alpha value is -3.35. The van der Waals surface area contributed by atoms with Crippen LogP contribution < -0.4 is 14.8 Å². The van der Waals surface area contributed by atoms with Crippen LogP contribution >= 0.6 is 0 Å². The summed E-state index contributed by atoms with van der Waals surface area (Å²) in [6, 6.07) is 11.2. The first-order valence-electron chi connectivity index (χ1n) is 9.71. The second kappa shape index (κ2) is 9.43. The lowest BCUT2D eigenvalue weighted by Gasteiger charge is -2.24. The number of amides is 1. The smallest absolute Gasteiger partial charge is 0.329 e. The topological polar surface area (TPSA) is 84.9 Å². The molecule has 0 radical (unpaired) electrons. The minimum Gasteiger partial charge on any atom is -0.493 e. The standard InChI is InChI=1S/C23H24FNO5/c1-29-20-14-16(6-10-19(20)30-15-17-4-8-18(24)9-5-17)7-11-21(26)25-23(22(27)28)12-2-3-13-23/h4-11,14H,2-3,12-13,15H2,1H3,(H,25,26)(H,27,28). The summed E-state index contributed by atoms with van der Waals surface area (Å²) in [7, 11) is 1.51. The summed E-state index contributed by atoms with van der Waals surface area (Å²) in [5.74, 6) is -0.753. The number of aliphatic carboxylic acids is 1. The van der Waals surface area contributed by atoms with Crippen molar-refractivity contribution in [2.45, 2.75) is 37.8 Å². The van der Waals surface area contributed by atoms with E-state index in [4.69, 9.17) is 9.47 Å². The molecule has 1 aliphatic rings. The van der Waals surface area contributed by atoms with Gasteiger partial charge in [-0.3, -0.25) is 4.79 Å². The third kappa shape index (κ3) is 5.17. The summed E-state index contributed by atoms with van der Waals surface area (Å²) in [5, 5.41) is 12.1. The number of carbonyl (C=O) groups excluding carboxylic acids is 1. The minimum absolute atomic E-state index is 0.255. The van der Waals surface area contributed by atoms with Crippen LogP contribution in [0.4, 0.5) is 4.39 Å². The number of carbonyl (C=O) groups is 2. The number of hydrogen-bond acceptors (Lipinski definition) is 4. The second-order valence-electron chi connectivity index (χ2n) is 7.24. The van der Waals surface area contributed by atoms with Gasteiger partial charge in [0, 0.05) is 6.08 Å². The summed E-state index contributed by atoms with van der Waals surface area (Å²) in [6.45, 7) is 0.255. The molecule has 0 aromatic heterocycles. The van der Waals surface area contributed by atoms with Crippen LogP contribution in [0.1, 0.15) is 36.8 Å². The Morgan fingerprint density at radius 3 is 2.47 bits per heavy atom. The summed E-state index contributed by atoms with van der Waals surface area (Å²) >= 11 is 0. The molecule has 1 saturated carbocycles. The number of halogens is 1. The van der Waals surface area contributed by atoms with E-state index in [1.807, 2.05) is 0 Å². The fourth-order valence-corrected chi connectivity index (χ4v) is 3.47. The van der Waals surface area contributed by atoms with Crippen molar-refractivity contribution < 1.29 is 28.6 Å². The van der Waals surface area contributed by atoms with Gasteiger partial charge >= 0.3 is 5.97 Å². The maximum absolute atomic E-state index is 13.0. The van der Waals surface area contributed by atoms with E-state index < -0.39 is 17.4 Å². The van der Waals surface area contributed by atoms with E-state index in [2.05, 4.69) is 5.32 Å². The molecule has 1 aliphatic carbocycles. The molecule has 6 nitrogen and oxygen atoms in total. The maximum Gasteiger partial charge on any atom is 0.329 e. The van der Waals surface area contributed by atoms with Gasteiger partial charge in [0.2, 0.25) is 5.91 Å². The molecule has 158 valence electrons. The molecule has 2 aromatic rings. The quantitative estimate of drug-likeness (QED) is 0.641. The third-order valence-electron chi connectivity index (χ3n) is 5.15. The minimum atomic E-state index is -1.17. The van der Waals surface area contributed by atoms with E-state index in [1.165, 1.54) is 25.3 Å². The van der Waals surface area contributed by atoms with Crippen molar-refractivity contribution in [1.29, 1.82) is 0 Å². The van der Waals surface area contributed by atoms with Crippen LogP contribution in [0.15, 0.2) is 48.5 Å². The Balaban J connectivity index is 1.64. The van der Waals surface area contributed by atoms with Gasteiger partial charge in [0.25, 0.3) is 0 Å².